The van der Waals surface area contributed by atoms with Crippen LogP contribution in [0.15, 0.2) is 0 Å². The SMILES string of the molecule is CC(C)CCC(=O)NC1CCCNCC1O. The van der Waals surface area contributed by atoms with Crippen LogP contribution < -0.4 is 10.6 Å². The minimum Gasteiger partial charge on any atom is -0.390 e. The van der Waals surface area contributed by atoms with E-state index in [2.05, 4.69) is 24.5 Å². The summed E-state index contributed by atoms with van der Waals surface area (Å²) in [5, 5.41) is 15.9. The highest BCUT2D eigenvalue weighted by Gasteiger charge is 2.22. The number of carbonyl (C=O) groups excluding carboxylic acids is 1. The molecule has 1 rings (SSSR count). The van der Waals surface area contributed by atoms with Crippen LogP contribution in [-0.2, 0) is 4.79 Å². The number of rotatable bonds is 4. The molecule has 16 heavy (non-hydrogen) atoms. The summed E-state index contributed by atoms with van der Waals surface area (Å²) < 4.78 is 0. The second kappa shape index (κ2) is 6.86. The topological polar surface area (TPSA) is 61.4 Å². The van der Waals surface area contributed by atoms with Crippen molar-refractivity contribution in [3.63, 3.8) is 0 Å². The third-order valence-corrected chi connectivity index (χ3v) is 2.98. The van der Waals surface area contributed by atoms with Crippen LogP contribution in [0.4, 0.5) is 0 Å². The molecule has 0 aromatic rings. The van der Waals surface area contributed by atoms with Crippen LogP contribution in [-0.4, -0.2) is 36.2 Å². The highest BCUT2D eigenvalue weighted by atomic mass is 16.3. The second-order valence-corrected chi connectivity index (χ2v) is 5.02. The summed E-state index contributed by atoms with van der Waals surface area (Å²) in [6.45, 7) is 5.72. The molecule has 1 aliphatic heterocycles. The van der Waals surface area contributed by atoms with E-state index in [1.54, 1.807) is 0 Å². The molecule has 2 unspecified atom stereocenters. The van der Waals surface area contributed by atoms with Crippen LogP contribution in [0.5, 0.6) is 0 Å². The summed E-state index contributed by atoms with van der Waals surface area (Å²) in [5.41, 5.74) is 0. The number of β-amino-alcohol motifs (C(OH)–C–C–N with tert-alkyl or cyclic N) is 1. The molecule has 0 spiro atoms. The molecule has 2 atom stereocenters. The summed E-state index contributed by atoms with van der Waals surface area (Å²) in [6, 6.07) is -0.0744. The van der Waals surface area contributed by atoms with Crippen molar-refractivity contribution in [1.82, 2.24) is 10.6 Å². The fraction of sp³-hybridized carbons (Fsp3) is 0.917. The predicted molar refractivity (Wildman–Crippen MR) is 64.1 cm³/mol. The lowest BCUT2D eigenvalue weighted by Gasteiger charge is -2.21. The zero-order valence-electron chi connectivity index (χ0n) is 10.3. The zero-order valence-corrected chi connectivity index (χ0v) is 10.3. The molecule has 1 heterocycles. The van der Waals surface area contributed by atoms with Gasteiger partial charge in [0.1, 0.15) is 0 Å². The van der Waals surface area contributed by atoms with Crippen LogP contribution in [0.3, 0.4) is 0 Å². The van der Waals surface area contributed by atoms with Crippen molar-refractivity contribution in [3.05, 3.63) is 0 Å². The molecule has 4 heteroatoms. The lowest BCUT2D eigenvalue weighted by Crippen LogP contribution is -2.45. The van der Waals surface area contributed by atoms with Gasteiger partial charge in [0.2, 0.25) is 5.91 Å². The van der Waals surface area contributed by atoms with Gasteiger partial charge in [0, 0.05) is 13.0 Å². The van der Waals surface area contributed by atoms with Crippen molar-refractivity contribution in [2.45, 2.75) is 51.7 Å². The largest absolute Gasteiger partial charge is 0.390 e. The van der Waals surface area contributed by atoms with Gasteiger partial charge in [-0.15, -0.1) is 0 Å². The summed E-state index contributed by atoms with van der Waals surface area (Å²) in [7, 11) is 0. The van der Waals surface area contributed by atoms with Gasteiger partial charge in [0.05, 0.1) is 12.1 Å². The Hall–Kier alpha value is -0.610. The van der Waals surface area contributed by atoms with E-state index < -0.39 is 6.10 Å². The fourth-order valence-electron chi connectivity index (χ4n) is 1.90. The predicted octanol–water partition coefficient (Wildman–Crippen LogP) is 0.652. The molecule has 0 radical (unpaired) electrons. The Balaban J connectivity index is 2.30. The van der Waals surface area contributed by atoms with Gasteiger partial charge in [-0.3, -0.25) is 4.79 Å². The Morgan fingerprint density at radius 1 is 1.56 bits per heavy atom. The molecule has 1 aliphatic rings. The van der Waals surface area contributed by atoms with Gasteiger partial charge in [-0.2, -0.15) is 0 Å². The van der Waals surface area contributed by atoms with E-state index in [9.17, 15) is 9.90 Å². The van der Waals surface area contributed by atoms with E-state index in [4.69, 9.17) is 0 Å². The maximum atomic E-state index is 11.6. The standard InChI is InChI=1S/C12H24N2O2/c1-9(2)5-6-12(16)14-10-4-3-7-13-8-11(10)15/h9-11,13,15H,3-8H2,1-2H3,(H,14,16). The molecule has 0 aliphatic carbocycles. The van der Waals surface area contributed by atoms with Crippen molar-refractivity contribution in [3.8, 4) is 0 Å². The third kappa shape index (κ3) is 4.94. The van der Waals surface area contributed by atoms with Crippen LogP contribution in [0, 0.1) is 5.92 Å². The molecule has 0 aromatic heterocycles. The summed E-state index contributed by atoms with van der Waals surface area (Å²) in [5.74, 6) is 0.617. The number of carbonyl (C=O) groups is 1. The second-order valence-electron chi connectivity index (χ2n) is 5.02. The monoisotopic (exact) mass is 228 g/mol. The number of hydrogen-bond acceptors (Lipinski definition) is 3. The first-order valence-corrected chi connectivity index (χ1v) is 6.27. The minimum atomic E-state index is -0.453. The number of amides is 1. The molecule has 0 saturated carbocycles. The quantitative estimate of drug-likeness (QED) is 0.662. The van der Waals surface area contributed by atoms with Gasteiger partial charge in [-0.1, -0.05) is 13.8 Å². The van der Waals surface area contributed by atoms with E-state index in [0.717, 1.165) is 25.8 Å². The van der Waals surface area contributed by atoms with Crippen molar-refractivity contribution in [2.24, 2.45) is 5.92 Å². The van der Waals surface area contributed by atoms with E-state index in [-0.39, 0.29) is 11.9 Å². The molecule has 1 fully saturated rings. The lowest BCUT2D eigenvalue weighted by atomic mass is 10.0. The first kappa shape index (κ1) is 13.5. The first-order valence-electron chi connectivity index (χ1n) is 6.27. The van der Waals surface area contributed by atoms with Gasteiger partial charge in [-0.25, -0.2) is 0 Å². The molecule has 1 amide bonds. The minimum absolute atomic E-state index is 0.0691. The Morgan fingerprint density at radius 2 is 2.31 bits per heavy atom. The average molecular weight is 228 g/mol. The molecular formula is C12H24N2O2. The molecule has 1 saturated heterocycles. The summed E-state index contributed by atoms with van der Waals surface area (Å²) in [4.78, 5) is 11.6. The Morgan fingerprint density at radius 3 is 3.00 bits per heavy atom. The fourth-order valence-corrected chi connectivity index (χ4v) is 1.90. The van der Waals surface area contributed by atoms with Gasteiger partial charge in [0.25, 0.3) is 0 Å². The van der Waals surface area contributed by atoms with Crippen LogP contribution in [0.2, 0.25) is 0 Å². The number of nitrogens with one attached hydrogen (secondary N) is 2. The first-order chi connectivity index (χ1) is 7.59. The highest BCUT2D eigenvalue weighted by Crippen LogP contribution is 2.08. The zero-order chi connectivity index (χ0) is 12.0. The number of aliphatic hydroxyl groups is 1. The molecule has 0 aromatic carbocycles. The smallest absolute Gasteiger partial charge is 0.220 e. The maximum Gasteiger partial charge on any atom is 0.220 e. The average Bonchev–Trinajstić information content (AvgIpc) is 2.42. The molecular weight excluding hydrogens is 204 g/mol. The Kier molecular flexibility index (Phi) is 5.77. The lowest BCUT2D eigenvalue weighted by molar-refractivity contribution is -0.122. The van der Waals surface area contributed by atoms with Crippen molar-refractivity contribution in [2.75, 3.05) is 13.1 Å². The van der Waals surface area contributed by atoms with E-state index in [1.165, 1.54) is 0 Å². The molecule has 3 N–H and O–H groups in total. The number of aliphatic hydroxyl groups excluding tert-OH is 1. The van der Waals surface area contributed by atoms with Gasteiger partial charge in [-0.05, 0) is 31.7 Å². The third-order valence-electron chi connectivity index (χ3n) is 2.98. The molecule has 0 bridgehead atoms. The van der Waals surface area contributed by atoms with Gasteiger partial charge >= 0.3 is 0 Å². The summed E-state index contributed by atoms with van der Waals surface area (Å²) in [6.07, 6.45) is 2.89. The summed E-state index contributed by atoms with van der Waals surface area (Å²) >= 11 is 0. The van der Waals surface area contributed by atoms with Gasteiger partial charge in [0.15, 0.2) is 0 Å². The van der Waals surface area contributed by atoms with E-state index >= 15 is 0 Å². The maximum absolute atomic E-state index is 11.6. The van der Waals surface area contributed by atoms with E-state index in [1.807, 2.05) is 0 Å². The Labute approximate surface area is 97.8 Å². The van der Waals surface area contributed by atoms with Crippen molar-refractivity contribution < 1.29 is 9.90 Å². The van der Waals surface area contributed by atoms with Crippen molar-refractivity contribution in [1.29, 1.82) is 0 Å². The highest BCUT2D eigenvalue weighted by molar-refractivity contribution is 5.76. The van der Waals surface area contributed by atoms with Crippen LogP contribution in [0.25, 0.3) is 0 Å². The van der Waals surface area contributed by atoms with Crippen molar-refractivity contribution >= 4 is 5.91 Å². The van der Waals surface area contributed by atoms with E-state index in [0.29, 0.717) is 18.9 Å². The van der Waals surface area contributed by atoms with Crippen LogP contribution in [0.1, 0.15) is 39.5 Å². The molecule has 94 valence electrons. The Bertz CT molecular complexity index is 219. The molecule has 4 nitrogen and oxygen atoms in total. The number of hydrogen-bond donors (Lipinski definition) is 3. The van der Waals surface area contributed by atoms with Crippen LogP contribution >= 0.6 is 0 Å². The normalized spacial score (nSPS) is 26.5. The van der Waals surface area contributed by atoms with Gasteiger partial charge < -0.3 is 15.7 Å².